The molecule has 0 radical (unpaired) electrons. The molecule has 0 amide bonds. The molecule has 1 aliphatic heterocycles. The lowest BCUT2D eigenvalue weighted by atomic mass is 10.0. The maximum atomic E-state index is 10.5. The fourth-order valence-corrected chi connectivity index (χ4v) is 2.90. The largest absolute Gasteiger partial charge is 0.466 e. The molecule has 130 valence electrons. The Morgan fingerprint density at radius 2 is 1.82 bits per heavy atom. The molecule has 13 heteroatoms. The molecular weight excluding hydrogens is 346 g/mol. The monoisotopic (exact) mass is 363 g/mol. The fourth-order valence-electron chi connectivity index (χ4n) is 1.61. The van der Waals surface area contributed by atoms with Crippen LogP contribution in [0.15, 0.2) is 5.16 Å². The van der Waals surface area contributed by atoms with Crippen LogP contribution < -0.4 is 0 Å². The van der Waals surface area contributed by atoms with Gasteiger partial charge >= 0.3 is 10.4 Å². The predicted octanol–water partition coefficient (Wildman–Crippen LogP) is -2.97. The summed E-state index contributed by atoms with van der Waals surface area (Å²) in [6.45, 7) is -1.08. The Labute approximate surface area is 130 Å². The van der Waals surface area contributed by atoms with Crippen molar-refractivity contribution in [3.05, 3.63) is 0 Å². The van der Waals surface area contributed by atoms with Gasteiger partial charge in [-0.15, -0.1) is 0 Å². The molecule has 1 fully saturated rings. The van der Waals surface area contributed by atoms with E-state index in [2.05, 4.69) is 9.44 Å². The number of nitrogens with zero attached hydrogens (tertiary/aromatic N) is 1. The lowest BCUT2D eigenvalue weighted by molar-refractivity contribution is -0.205. The molecule has 0 aromatic heterocycles. The van der Waals surface area contributed by atoms with Gasteiger partial charge in [0.1, 0.15) is 34.9 Å². The van der Waals surface area contributed by atoms with Gasteiger partial charge in [-0.25, -0.2) is 4.28 Å². The highest BCUT2D eigenvalue weighted by atomic mass is 32.3. The van der Waals surface area contributed by atoms with E-state index in [1.165, 1.54) is 0 Å². The van der Waals surface area contributed by atoms with Crippen LogP contribution in [0.25, 0.3) is 0 Å². The van der Waals surface area contributed by atoms with Gasteiger partial charge in [0.15, 0.2) is 0 Å². The Hall–Kier alpha value is -0.510. The molecule has 0 unspecified atom stereocenters. The van der Waals surface area contributed by atoms with Gasteiger partial charge in [-0.2, -0.15) is 8.42 Å². The lowest BCUT2D eigenvalue weighted by Gasteiger charge is -2.39. The first-order valence-electron chi connectivity index (χ1n) is 6.00. The zero-order valence-electron chi connectivity index (χ0n) is 11.1. The van der Waals surface area contributed by atoms with Crippen molar-refractivity contribution in [1.82, 2.24) is 0 Å². The highest BCUT2D eigenvalue weighted by Gasteiger charge is 2.44. The minimum atomic E-state index is -4.84. The molecule has 1 saturated heterocycles. The SMILES string of the molecule is O=S(=O)(O)O/N=C(/CCO)S[C@H]1O[C@H](CO)[C@H](O)[C@H](O)[C@H]1O. The normalized spacial score (nSPS) is 33.7. The Morgan fingerprint density at radius 3 is 2.32 bits per heavy atom. The van der Waals surface area contributed by atoms with E-state index in [0.717, 1.165) is 0 Å². The molecule has 0 saturated carbocycles. The van der Waals surface area contributed by atoms with Crippen molar-refractivity contribution in [1.29, 1.82) is 0 Å². The molecule has 11 nitrogen and oxygen atoms in total. The number of hydrogen-bond donors (Lipinski definition) is 6. The summed E-state index contributed by atoms with van der Waals surface area (Å²) in [5.74, 6) is 0. The van der Waals surface area contributed by atoms with Gasteiger partial charge in [-0.05, 0) is 0 Å². The Kier molecular flexibility index (Phi) is 7.43. The van der Waals surface area contributed by atoms with Gasteiger partial charge < -0.3 is 30.3 Å². The molecular formula is C9H17NO10S2. The first kappa shape index (κ1) is 19.5. The number of oxime groups is 1. The summed E-state index contributed by atoms with van der Waals surface area (Å²) in [6, 6.07) is 0. The zero-order chi connectivity index (χ0) is 16.9. The van der Waals surface area contributed by atoms with Crippen molar-refractivity contribution in [3.8, 4) is 0 Å². The Morgan fingerprint density at radius 1 is 1.18 bits per heavy atom. The molecule has 0 aliphatic carbocycles. The molecule has 5 atom stereocenters. The van der Waals surface area contributed by atoms with Crippen LogP contribution in [0, 0.1) is 0 Å². The number of thioether (sulfide) groups is 1. The van der Waals surface area contributed by atoms with Crippen LogP contribution in [0.5, 0.6) is 0 Å². The van der Waals surface area contributed by atoms with Crippen LogP contribution in [0.1, 0.15) is 6.42 Å². The van der Waals surface area contributed by atoms with Crippen LogP contribution in [0.3, 0.4) is 0 Å². The van der Waals surface area contributed by atoms with E-state index in [9.17, 15) is 23.7 Å². The van der Waals surface area contributed by atoms with Gasteiger partial charge in [-0.3, -0.25) is 4.55 Å². The third-order valence-electron chi connectivity index (χ3n) is 2.66. The molecule has 1 rings (SSSR count). The summed E-state index contributed by atoms with van der Waals surface area (Å²) in [4.78, 5) is 0. The van der Waals surface area contributed by atoms with Crippen molar-refractivity contribution < 1.29 is 47.5 Å². The molecule has 1 aliphatic rings. The summed E-state index contributed by atoms with van der Waals surface area (Å²) in [6.07, 6.45) is -6.05. The van der Waals surface area contributed by atoms with Crippen molar-refractivity contribution in [2.75, 3.05) is 13.2 Å². The van der Waals surface area contributed by atoms with E-state index in [-0.39, 0.29) is 11.5 Å². The number of hydrogen-bond acceptors (Lipinski definition) is 11. The Balaban J connectivity index is 2.83. The average molecular weight is 363 g/mol. The average Bonchev–Trinajstić information content (AvgIpc) is 2.44. The van der Waals surface area contributed by atoms with Crippen LogP contribution in [-0.4, -0.2) is 86.6 Å². The van der Waals surface area contributed by atoms with Crippen molar-refractivity contribution in [3.63, 3.8) is 0 Å². The molecule has 22 heavy (non-hydrogen) atoms. The topological polar surface area (TPSA) is 186 Å². The second-order valence-electron chi connectivity index (χ2n) is 4.28. The standard InChI is InChI=1S/C9H17NO10S2/c11-2-1-5(10-20-22(16,17)18)21-9-8(15)7(14)6(13)4(3-12)19-9/h4,6-9,11-15H,1-3H2,(H,16,17,18)/b10-5-/t4-,6+,7+,8-,9-/m1/s1. The molecule has 0 bridgehead atoms. The molecule has 0 spiro atoms. The summed E-state index contributed by atoms with van der Waals surface area (Å²) in [5, 5.41) is 49.8. The van der Waals surface area contributed by atoms with E-state index in [1.54, 1.807) is 0 Å². The van der Waals surface area contributed by atoms with Crippen molar-refractivity contribution in [2.45, 2.75) is 36.3 Å². The smallest absolute Gasteiger partial charge is 0.396 e. The predicted molar refractivity (Wildman–Crippen MR) is 73.1 cm³/mol. The fraction of sp³-hybridized carbons (Fsp3) is 0.889. The summed E-state index contributed by atoms with van der Waals surface area (Å²) in [7, 11) is -4.84. The van der Waals surface area contributed by atoms with Gasteiger partial charge in [0.05, 0.1) is 6.61 Å². The number of aliphatic hydroxyl groups excluding tert-OH is 5. The first-order chi connectivity index (χ1) is 10.2. The van der Waals surface area contributed by atoms with Gasteiger partial charge in [0.25, 0.3) is 0 Å². The van der Waals surface area contributed by atoms with E-state index < -0.39 is 53.5 Å². The maximum absolute atomic E-state index is 10.5. The van der Waals surface area contributed by atoms with Gasteiger partial charge in [-0.1, -0.05) is 16.9 Å². The third kappa shape index (κ3) is 5.60. The number of aliphatic hydroxyl groups is 5. The van der Waals surface area contributed by atoms with Crippen molar-refractivity contribution >= 4 is 27.2 Å². The summed E-state index contributed by atoms with van der Waals surface area (Å²) < 4.78 is 38.3. The minimum absolute atomic E-state index is 0.163. The molecule has 0 aromatic carbocycles. The highest BCUT2D eigenvalue weighted by Crippen LogP contribution is 2.30. The Bertz CT molecular complexity index is 481. The van der Waals surface area contributed by atoms with Crippen LogP contribution in [0.4, 0.5) is 0 Å². The highest BCUT2D eigenvalue weighted by molar-refractivity contribution is 8.14. The molecule has 0 aromatic rings. The number of rotatable bonds is 6. The van der Waals surface area contributed by atoms with Gasteiger partial charge in [0, 0.05) is 13.0 Å². The van der Waals surface area contributed by atoms with Gasteiger partial charge in [0.2, 0.25) is 0 Å². The van der Waals surface area contributed by atoms with Crippen LogP contribution in [-0.2, 0) is 19.4 Å². The maximum Gasteiger partial charge on any atom is 0.466 e. The first-order valence-corrected chi connectivity index (χ1v) is 8.25. The van der Waals surface area contributed by atoms with E-state index in [1.807, 2.05) is 0 Å². The second kappa shape index (κ2) is 8.37. The summed E-state index contributed by atoms with van der Waals surface area (Å²) >= 11 is 0.599. The summed E-state index contributed by atoms with van der Waals surface area (Å²) in [5.41, 5.74) is -1.22. The molecule has 1 heterocycles. The number of ether oxygens (including phenoxy) is 1. The van der Waals surface area contributed by atoms with E-state index in [0.29, 0.717) is 11.8 Å². The quantitative estimate of drug-likeness (QED) is 0.122. The lowest BCUT2D eigenvalue weighted by Crippen LogP contribution is -2.57. The van der Waals surface area contributed by atoms with Crippen LogP contribution >= 0.6 is 11.8 Å². The van der Waals surface area contributed by atoms with Crippen LogP contribution in [0.2, 0.25) is 0 Å². The van der Waals surface area contributed by atoms with Crippen molar-refractivity contribution in [2.24, 2.45) is 5.16 Å². The minimum Gasteiger partial charge on any atom is -0.396 e. The zero-order valence-corrected chi connectivity index (χ0v) is 12.7. The molecule has 6 N–H and O–H groups in total. The third-order valence-corrected chi connectivity index (χ3v) is 4.10. The second-order valence-corrected chi connectivity index (χ2v) is 6.45. The van der Waals surface area contributed by atoms with E-state index >= 15 is 0 Å². The van der Waals surface area contributed by atoms with E-state index in [4.69, 9.17) is 19.5 Å².